The number of rotatable bonds is 7. The Kier molecular flexibility index (Phi) is 7.06. The van der Waals surface area contributed by atoms with Gasteiger partial charge in [0.25, 0.3) is 0 Å². The third kappa shape index (κ3) is 5.79. The van der Waals surface area contributed by atoms with E-state index >= 15 is 0 Å². The van der Waals surface area contributed by atoms with E-state index in [9.17, 15) is 9.59 Å². The highest BCUT2D eigenvalue weighted by Gasteiger charge is 2.25. The van der Waals surface area contributed by atoms with Gasteiger partial charge in [0.15, 0.2) is 0 Å². The molecule has 166 valence electrons. The van der Waals surface area contributed by atoms with Crippen LogP contribution >= 0.6 is 11.6 Å². The van der Waals surface area contributed by atoms with E-state index in [4.69, 9.17) is 11.6 Å². The molecule has 0 heterocycles. The number of carbonyl (C=O) groups is 2. The van der Waals surface area contributed by atoms with Gasteiger partial charge in [0.05, 0.1) is 6.42 Å². The number of anilines is 1. The quantitative estimate of drug-likeness (QED) is 0.403. The van der Waals surface area contributed by atoms with Crippen LogP contribution in [0.25, 0.3) is 10.8 Å². The third-order valence-corrected chi connectivity index (χ3v) is 5.86. The Morgan fingerprint density at radius 2 is 1.55 bits per heavy atom. The Morgan fingerprint density at radius 3 is 2.30 bits per heavy atom. The molecule has 0 spiro atoms. The Hall–Kier alpha value is -3.63. The van der Waals surface area contributed by atoms with Gasteiger partial charge in [-0.3, -0.25) is 9.59 Å². The summed E-state index contributed by atoms with van der Waals surface area (Å²) < 4.78 is 0. The second-order valence-corrected chi connectivity index (χ2v) is 8.48. The summed E-state index contributed by atoms with van der Waals surface area (Å²) in [5.74, 6) is -0.396. The predicted octanol–water partition coefficient (Wildman–Crippen LogP) is 5.43. The highest BCUT2D eigenvalue weighted by atomic mass is 35.5. The molecule has 0 saturated carbocycles. The Labute approximate surface area is 198 Å². The van der Waals surface area contributed by atoms with Gasteiger partial charge in [0.1, 0.15) is 6.04 Å². The summed E-state index contributed by atoms with van der Waals surface area (Å²) in [6.45, 7) is 0. The lowest BCUT2D eigenvalue weighted by Gasteiger charge is -2.25. The summed E-state index contributed by atoms with van der Waals surface area (Å²) in [6.07, 6.45) is 0.596. The number of hydrogen-bond donors (Lipinski definition) is 1. The summed E-state index contributed by atoms with van der Waals surface area (Å²) in [5.41, 5.74) is 2.55. The molecule has 0 radical (unpaired) electrons. The molecule has 1 unspecified atom stereocenters. The summed E-state index contributed by atoms with van der Waals surface area (Å²) in [6, 6.07) is 30.1. The van der Waals surface area contributed by atoms with Crippen LogP contribution < -0.4 is 10.2 Å². The van der Waals surface area contributed by atoms with Gasteiger partial charge < -0.3 is 10.2 Å². The minimum atomic E-state index is -0.704. The molecule has 0 saturated heterocycles. The zero-order valence-corrected chi connectivity index (χ0v) is 19.1. The Morgan fingerprint density at radius 1 is 0.818 bits per heavy atom. The van der Waals surface area contributed by atoms with E-state index in [0.29, 0.717) is 17.1 Å². The standard InChI is InChI=1S/C28H25ClN2O2/c1-31(25-13-7-12-24(29)19-25)28(33)26(17-20-8-3-2-4-9-20)30-27(32)18-21-14-15-22-10-5-6-11-23(22)16-21/h2-16,19,26H,17-18H2,1H3,(H,30,32). The fraction of sp³-hybridized carbons (Fsp3) is 0.143. The minimum absolute atomic E-state index is 0.195. The molecule has 0 aliphatic rings. The van der Waals surface area contributed by atoms with Crippen LogP contribution in [0.2, 0.25) is 5.02 Å². The summed E-state index contributed by atoms with van der Waals surface area (Å²) in [5, 5.41) is 5.72. The Bertz CT molecular complexity index is 1270. The fourth-order valence-electron chi connectivity index (χ4n) is 3.88. The lowest BCUT2D eigenvalue weighted by molar-refractivity contribution is -0.127. The first kappa shape index (κ1) is 22.6. The van der Waals surface area contributed by atoms with Crippen molar-refractivity contribution in [2.45, 2.75) is 18.9 Å². The smallest absolute Gasteiger partial charge is 0.249 e. The van der Waals surface area contributed by atoms with Gasteiger partial charge in [0.2, 0.25) is 11.8 Å². The van der Waals surface area contributed by atoms with Crippen LogP contribution in [-0.4, -0.2) is 24.9 Å². The van der Waals surface area contributed by atoms with Crippen LogP contribution in [0.3, 0.4) is 0 Å². The Balaban J connectivity index is 1.53. The molecule has 4 aromatic carbocycles. The molecular formula is C28H25ClN2O2. The number of nitrogens with zero attached hydrogens (tertiary/aromatic N) is 1. The molecule has 0 aliphatic heterocycles. The van der Waals surface area contributed by atoms with E-state index in [-0.39, 0.29) is 18.2 Å². The van der Waals surface area contributed by atoms with Gasteiger partial charge in [-0.25, -0.2) is 0 Å². The molecule has 0 bridgehead atoms. The van der Waals surface area contributed by atoms with Gasteiger partial charge in [-0.1, -0.05) is 90.5 Å². The average molecular weight is 457 g/mol. The first-order valence-corrected chi connectivity index (χ1v) is 11.2. The largest absolute Gasteiger partial charge is 0.344 e. The second kappa shape index (κ2) is 10.3. The number of likely N-dealkylation sites (N-methyl/N-ethyl adjacent to an activating group) is 1. The molecule has 0 aromatic heterocycles. The molecule has 33 heavy (non-hydrogen) atoms. The maximum Gasteiger partial charge on any atom is 0.249 e. The van der Waals surface area contributed by atoms with E-state index in [2.05, 4.69) is 5.32 Å². The molecule has 4 rings (SSSR count). The van der Waals surface area contributed by atoms with Crippen LogP contribution in [0.15, 0.2) is 97.1 Å². The summed E-state index contributed by atoms with van der Waals surface area (Å²) in [7, 11) is 1.70. The number of amides is 2. The molecule has 0 fully saturated rings. The van der Waals surface area contributed by atoms with Crippen molar-refractivity contribution in [2.24, 2.45) is 0 Å². The van der Waals surface area contributed by atoms with Crippen LogP contribution in [0.4, 0.5) is 5.69 Å². The van der Waals surface area contributed by atoms with Gasteiger partial charge in [0, 0.05) is 24.2 Å². The fourth-order valence-corrected chi connectivity index (χ4v) is 4.06. The van der Waals surface area contributed by atoms with Crippen LogP contribution in [0, 0.1) is 0 Å². The van der Waals surface area contributed by atoms with E-state index in [0.717, 1.165) is 21.9 Å². The lowest BCUT2D eigenvalue weighted by atomic mass is 10.0. The molecule has 4 aromatic rings. The van der Waals surface area contributed by atoms with Crippen LogP contribution in [0.5, 0.6) is 0 Å². The molecule has 4 nitrogen and oxygen atoms in total. The van der Waals surface area contributed by atoms with E-state index < -0.39 is 6.04 Å². The first-order valence-electron chi connectivity index (χ1n) is 10.8. The zero-order valence-electron chi connectivity index (χ0n) is 18.4. The predicted molar refractivity (Wildman–Crippen MR) is 135 cm³/mol. The zero-order chi connectivity index (χ0) is 23.2. The van der Waals surface area contributed by atoms with Crippen molar-refractivity contribution in [1.29, 1.82) is 0 Å². The molecule has 1 N–H and O–H groups in total. The van der Waals surface area contributed by atoms with Gasteiger partial charge in [-0.15, -0.1) is 0 Å². The van der Waals surface area contributed by atoms with E-state index in [1.165, 1.54) is 4.90 Å². The number of halogens is 1. The maximum absolute atomic E-state index is 13.4. The highest BCUT2D eigenvalue weighted by molar-refractivity contribution is 6.30. The number of hydrogen-bond acceptors (Lipinski definition) is 2. The van der Waals surface area contributed by atoms with Crippen molar-refractivity contribution < 1.29 is 9.59 Å². The number of nitrogens with one attached hydrogen (secondary N) is 1. The van der Waals surface area contributed by atoms with E-state index in [1.807, 2.05) is 78.9 Å². The lowest BCUT2D eigenvalue weighted by Crippen LogP contribution is -2.49. The first-order chi connectivity index (χ1) is 16.0. The van der Waals surface area contributed by atoms with Crippen LogP contribution in [0.1, 0.15) is 11.1 Å². The van der Waals surface area contributed by atoms with Crippen molar-refractivity contribution in [2.75, 3.05) is 11.9 Å². The second-order valence-electron chi connectivity index (χ2n) is 8.05. The molecule has 1 atom stereocenters. The van der Waals surface area contributed by atoms with Crippen molar-refractivity contribution >= 4 is 39.9 Å². The number of benzene rings is 4. The molecule has 2 amide bonds. The number of carbonyl (C=O) groups excluding carboxylic acids is 2. The molecule has 5 heteroatoms. The van der Waals surface area contributed by atoms with E-state index in [1.54, 1.807) is 25.2 Å². The molecule has 0 aliphatic carbocycles. The molecular weight excluding hydrogens is 432 g/mol. The SMILES string of the molecule is CN(C(=O)C(Cc1ccccc1)NC(=O)Cc1ccc2ccccc2c1)c1cccc(Cl)c1. The van der Waals surface area contributed by atoms with Gasteiger partial charge in [-0.05, 0) is 40.1 Å². The summed E-state index contributed by atoms with van der Waals surface area (Å²) in [4.78, 5) is 27.9. The highest BCUT2D eigenvalue weighted by Crippen LogP contribution is 2.20. The third-order valence-electron chi connectivity index (χ3n) is 5.62. The van der Waals surface area contributed by atoms with Gasteiger partial charge >= 0.3 is 0 Å². The van der Waals surface area contributed by atoms with Gasteiger partial charge in [-0.2, -0.15) is 0 Å². The van der Waals surface area contributed by atoms with Crippen molar-refractivity contribution in [3.8, 4) is 0 Å². The monoisotopic (exact) mass is 456 g/mol. The van der Waals surface area contributed by atoms with Crippen molar-refractivity contribution in [3.05, 3.63) is 113 Å². The topological polar surface area (TPSA) is 49.4 Å². The normalized spacial score (nSPS) is 11.7. The average Bonchev–Trinajstić information content (AvgIpc) is 2.83. The van der Waals surface area contributed by atoms with Crippen molar-refractivity contribution in [1.82, 2.24) is 5.32 Å². The maximum atomic E-state index is 13.4. The van der Waals surface area contributed by atoms with Crippen LogP contribution in [-0.2, 0) is 22.4 Å². The summed E-state index contributed by atoms with van der Waals surface area (Å²) >= 11 is 6.11. The van der Waals surface area contributed by atoms with Crippen molar-refractivity contribution in [3.63, 3.8) is 0 Å². The number of fused-ring (bicyclic) bond motifs is 1. The minimum Gasteiger partial charge on any atom is -0.344 e.